The van der Waals surface area contributed by atoms with Gasteiger partial charge in [0.05, 0.1) is 0 Å². The van der Waals surface area contributed by atoms with Gasteiger partial charge < -0.3 is 0 Å². The van der Waals surface area contributed by atoms with Gasteiger partial charge in [0, 0.05) is 31.7 Å². The molecule has 0 bridgehead atoms. The lowest BCUT2D eigenvalue weighted by molar-refractivity contribution is -0.438. The van der Waals surface area contributed by atoms with Crippen LogP contribution >= 0.6 is 45.2 Å². The van der Waals surface area contributed by atoms with Gasteiger partial charge in [-0.1, -0.05) is 102 Å². The third-order valence-electron chi connectivity index (χ3n) is 6.36. The van der Waals surface area contributed by atoms with Crippen LogP contribution in [0.3, 0.4) is 0 Å². The minimum atomic E-state index is -6.87. The molecule has 3 aromatic carbocycles. The Morgan fingerprint density at radius 1 is 0.644 bits per heavy atom. The molecule has 0 aromatic heterocycles. The van der Waals surface area contributed by atoms with Crippen LogP contribution < -0.4 is 0 Å². The van der Waals surface area contributed by atoms with E-state index in [4.69, 9.17) is 4.55 Å². The van der Waals surface area contributed by atoms with Gasteiger partial charge in [0.2, 0.25) is 0 Å². The first-order valence-corrected chi connectivity index (χ1v) is 16.5. The van der Waals surface area contributed by atoms with Gasteiger partial charge in [-0.3, -0.25) is 4.55 Å². The number of benzene rings is 3. The van der Waals surface area contributed by atoms with Gasteiger partial charge in [-0.2, -0.15) is 43.5 Å². The Labute approximate surface area is 284 Å². The van der Waals surface area contributed by atoms with Crippen molar-refractivity contribution in [2.24, 2.45) is 0 Å². The fraction of sp³-hybridized carbons (Fsp3) is 0.400. The van der Waals surface area contributed by atoms with Gasteiger partial charge in [-0.25, -0.2) is 4.74 Å². The van der Waals surface area contributed by atoms with Crippen LogP contribution in [0.2, 0.25) is 0 Å². The summed E-state index contributed by atoms with van der Waals surface area (Å²) >= 11 is 2.07. The van der Waals surface area contributed by atoms with E-state index in [0.717, 1.165) is 0 Å². The van der Waals surface area contributed by atoms with E-state index in [1.54, 1.807) is 0 Å². The Kier molecular flexibility index (Phi) is 11.9. The van der Waals surface area contributed by atoms with Crippen molar-refractivity contribution in [3.63, 3.8) is 0 Å². The molecule has 0 atom stereocenters. The van der Waals surface area contributed by atoms with Crippen LogP contribution in [0.25, 0.3) is 22.3 Å². The molecule has 4 nitrogen and oxygen atoms in total. The number of hydrogen-bond donors (Lipinski definition) is 1. The van der Waals surface area contributed by atoms with Crippen LogP contribution in [0.15, 0.2) is 66.7 Å². The molecule has 0 aliphatic rings. The van der Waals surface area contributed by atoms with Crippen LogP contribution in [0.1, 0.15) is 52.7 Å². The van der Waals surface area contributed by atoms with E-state index < -0.39 is 54.1 Å². The van der Waals surface area contributed by atoms with Crippen molar-refractivity contribution < 1.29 is 52.8 Å². The summed E-state index contributed by atoms with van der Waals surface area (Å²) < 4.78 is 123. The molecule has 3 rings (SSSR count). The molecule has 0 amide bonds. The normalized spacial score (nSPS) is 13.7. The number of alkyl halides is 9. The lowest BCUT2D eigenvalue weighted by Crippen LogP contribution is -2.54. The van der Waals surface area contributed by atoms with Gasteiger partial charge in [0.25, 0.3) is 0 Å². The fourth-order valence-electron chi connectivity index (χ4n) is 3.77. The SMILES string of the molecule is CC(C)(C)c1ccc(-c2cccc(I)c2-c2ccc(C(C)(C)C)cc2)cc1.O=S(=O)(O)C(F)(F)C(F)(F)OC(F)(F)C(F)(F)I. The van der Waals surface area contributed by atoms with E-state index in [-0.39, 0.29) is 10.8 Å². The number of rotatable bonds is 7. The summed E-state index contributed by atoms with van der Waals surface area (Å²) in [5, 5.41) is -6.54. The highest BCUT2D eigenvalue weighted by atomic mass is 127. The van der Waals surface area contributed by atoms with Crippen LogP contribution in [0, 0.1) is 3.57 Å². The molecule has 45 heavy (non-hydrogen) atoms. The van der Waals surface area contributed by atoms with Crippen molar-refractivity contribution in [1.29, 1.82) is 0 Å². The Hall–Kier alpha value is -1.57. The molecule has 0 saturated heterocycles. The first kappa shape index (κ1) is 39.6. The molecule has 0 aliphatic heterocycles. The van der Waals surface area contributed by atoms with E-state index in [0.29, 0.717) is 0 Å². The van der Waals surface area contributed by atoms with Crippen LogP contribution in [0.5, 0.6) is 0 Å². The summed E-state index contributed by atoms with van der Waals surface area (Å²) in [5.74, 6) is 0. The molecular formula is C30H30F8I2O4S. The van der Waals surface area contributed by atoms with Crippen LogP contribution in [-0.4, -0.2) is 34.4 Å². The highest BCUT2D eigenvalue weighted by molar-refractivity contribution is 14.1. The van der Waals surface area contributed by atoms with Gasteiger partial charge in [0.15, 0.2) is 0 Å². The average molecular weight is 892 g/mol. The molecule has 0 unspecified atom stereocenters. The third kappa shape index (κ3) is 9.50. The second-order valence-corrected chi connectivity index (χ2v) is 15.9. The van der Waals surface area contributed by atoms with E-state index in [1.165, 1.54) is 37.0 Å². The Morgan fingerprint density at radius 3 is 1.40 bits per heavy atom. The molecule has 0 radical (unpaired) electrons. The second kappa shape index (κ2) is 13.5. The van der Waals surface area contributed by atoms with E-state index in [2.05, 4.69) is 131 Å². The third-order valence-corrected chi connectivity index (χ3v) is 8.78. The fourth-order valence-corrected chi connectivity index (χ4v) is 5.03. The second-order valence-electron chi connectivity index (χ2n) is 11.9. The lowest BCUT2D eigenvalue weighted by atomic mass is 9.84. The summed E-state index contributed by atoms with van der Waals surface area (Å²) in [7, 11) is -6.87. The van der Waals surface area contributed by atoms with Crippen molar-refractivity contribution in [3.05, 3.63) is 81.4 Å². The zero-order chi connectivity index (χ0) is 35.0. The van der Waals surface area contributed by atoms with E-state index in [1.807, 2.05) is 4.74 Å². The quantitative estimate of drug-likeness (QED) is 0.111. The van der Waals surface area contributed by atoms with Gasteiger partial charge in [-0.05, 0) is 67.3 Å². The van der Waals surface area contributed by atoms with Gasteiger partial charge in [0.1, 0.15) is 0 Å². The summed E-state index contributed by atoms with van der Waals surface area (Å²) in [5.41, 5.74) is 8.26. The summed E-state index contributed by atoms with van der Waals surface area (Å²) in [4.78, 5) is 0. The Balaban J connectivity index is 0.000000344. The Bertz CT molecular complexity index is 1580. The van der Waals surface area contributed by atoms with Crippen molar-refractivity contribution in [1.82, 2.24) is 0 Å². The largest absolute Gasteiger partial charge is 0.460 e. The molecule has 0 heterocycles. The van der Waals surface area contributed by atoms with Crippen LogP contribution in [0.4, 0.5) is 35.1 Å². The lowest BCUT2D eigenvalue weighted by Gasteiger charge is -2.29. The maximum atomic E-state index is 12.4. The predicted octanol–water partition coefficient (Wildman–Crippen LogP) is 10.9. The highest BCUT2D eigenvalue weighted by Gasteiger charge is 2.73. The molecule has 0 saturated carbocycles. The van der Waals surface area contributed by atoms with Crippen molar-refractivity contribution in [2.45, 2.75) is 73.8 Å². The standard InChI is InChI=1S/C26H29I.C4HF8IO4S/c1-25(2,3)20-14-10-18(11-15-20)22-8-7-9-23(27)24(22)19-12-16-21(17-13-19)26(4,5)6;5-1(6,13)2(7,8)17-3(9,10)4(11,12)18(14,15)16/h7-17H,1-6H3;(H,14,15,16). The van der Waals surface area contributed by atoms with Crippen LogP contribution in [-0.2, 0) is 25.7 Å². The topological polar surface area (TPSA) is 63.6 Å². The monoisotopic (exact) mass is 892 g/mol. The molecule has 0 aliphatic carbocycles. The molecule has 0 spiro atoms. The molecule has 0 fully saturated rings. The van der Waals surface area contributed by atoms with E-state index >= 15 is 0 Å². The number of halogens is 10. The molecular weight excluding hydrogens is 862 g/mol. The average Bonchev–Trinajstić information content (AvgIpc) is 2.86. The Morgan fingerprint density at radius 2 is 1.04 bits per heavy atom. The van der Waals surface area contributed by atoms with Gasteiger partial charge >= 0.3 is 31.5 Å². The smallest absolute Gasteiger partial charge is 0.281 e. The molecule has 15 heteroatoms. The van der Waals surface area contributed by atoms with Crippen molar-refractivity contribution >= 4 is 55.3 Å². The molecule has 1 N–H and O–H groups in total. The van der Waals surface area contributed by atoms with Crippen molar-refractivity contribution in [3.8, 4) is 22.3 Å². The predicted molar refractivity (Wildman–Crippen MR) is 174 cm³/mol. The van der Waals surface area contributed by atoms with Crippen molar-refractivity contribution in [2.75, 3.05) is 0 Å². The summed E-state index contributed by atoms with van der Waals surface area (Å²) in [6.45, 7) is 13.6. The van der Waals surface area contributed by atoms with E-state index in [9.17, 15) is 43.5 Å². The summed E-state index contributed by atoms with van der Waals surface area (Å²) in [6.07, 6.45) is -12.7. The highest BCUT2D eigenvalue weighted by Crippen LogP contribution is 2.48. The minimum Gasteiger partial charge on any atom is -0.281 e. The maximum Gasteiger partial charge on any atom is 0.460 e. The zero-order valence-corrected chi connectivity index (χ0v) is 29.8. The first-order valence-electron chi connectivity index (χ1n) is 12.9. The minimum absolute atomic E-state index is 0.175. The first-order chi connectivity index (χ1) is 20.0. The number of ether oxygens (including phenoxy) is 1. The maximum absolute atomic E-state index is 12.4. The van der Waals surface area contributed by atoms with Gasteiger partial charge in [-0.15, -0.1) is 0 Å². The molecule has 3 aromatic rings. The molecule has 250 valence electrons. The summed E-state index contributed by atoms with van der Waals surface area (Å²) in [6, 6.07) is 24.7. The number of hydrogen-bond acceptors (Lipinski definition) is 3. The zero-order valence-electron chi connectivity index (χ0n) is 24.7.